The Labute approximate surface area is 356 Å². The lowest BCUT2D eigenvalue weighted by atomic mass is 9.82. The number of furan rings is 2. The van der Waals surface area contributed by atoms with E-state index in [1.807, 2.05) is 23.5 Å². The van der Waals surface area contributed by atoms with Gasteiger partial charge in [0, 0.05) is 69.6 Å². The van der Waals surface area contributed by atoms with Crippen molar-refractivity contribution < 1.29 is 8.83 Å². The number of hydrogen-bond acceptors (Lipinski definition) is 4. The van der Waals surface area contributed by atoms with Gasteiger partial charge in [-0.15, -0.1) is 11.3 Å². The predicted octanol–water partition coefficient (Wildman–Crippen LogP) is 17.0. The van der Waals surface area contributed by atoms with E-state index in [4.69, 9.17) is 8.83 Å². The third-order valence-corrected chi connectivity index (χ3v) is 14.3. The summed E-state index contributed by atoms with van der Waals surface area (Å²) >= 11 is 1.87. The van der Waals surface area contributed by atoms with E-state index in [9.17, 15) is 0 Å². The Balaban J connectivity index is 0.990. The number of fused-ring (bicyclic) bond motifs is 13. The van der Waals surface area contributed by atoms with Gasteiger partial charge < -0.3 is 13.7 Å². The van der Waals surface area contributed by atoms with Crippen LogP contribution in [0.1, 0.15) is 25.0 Å². The highest BCUT2D eigenvalue weighted by Gasteiger charge is 2.37. The molecule has 3 nitrogen and oxygen atoms in total. The minimum atomic E-state index is -0.121. The Morgan fingerprint density at radius 2 is 1.00 bits per heavy atom. The molecule has 1 aliphatic rings. The van der Waals surface area contributed by atoms with Crippen molar-refractivity contribution in [2.24, 2.45) is 0 Å². The normalized spacial score (nSPS) is 13.2. The topological polar surface area (TPSA) is 29.5 Å². The molecular formula is C57H37NO2S. The van der Waals surface area contributed by atoms with Crippen molar-refractivity contribution in [3.05, 3.63) is 199 Å². The van der Waals surface area contributed by atoms with E-state index in [1.54, 1.807) is 0 Å². The molecule has 0 radical (unpaired) electrons. The second kappa shape index (κ2) is 12.8. The molecule has 9 aromatic carbocycles. The molecule has 0 amide bonds. The average molecular weight is 800 g/mol. The zero-order valence-corrected chi connectivity index (χ0v) is 34.4. The van der Waals surface area contributed by atoms with E-state index in [2.05, 4.69) is 195 Å². The highest BCUT2D eigenvalue weighted by Crippen LogP contribution is 2.54. The molecule has 0 fully saturated rings. The molecule has 3 heterocycles. The molecule has 0 unspecified atom stereocenters. The summed E-state index contributed by atoms with van der Waals surface area (Å²) in [7, 11) is 0. The van der Waals surface area contributed by atoms with E-state index in [-0.39, 0.29) is 5.41 Å². The van der Waals surface area contributed by atoms with Crippen LogP contribution in [-0.4, -0.2) is 0 Å². The van der Waals surface area contributed by atoms with E-state index in [0.717, 1.165) is 72.1 Å². The quantitative estimate of drug-likeness (QED) is 0.174. The highest BCUT2D eigenvalue weighted by atomic mass is 32.1. The molecule has 0 bridgehead atoms. The van der Waals surface area contributed by atoms with E-state index in [0.29, 0.717) is 0 Å². The van der Waals surface area contributed by atoms with Crippen molar-refractivity contribution in [2.75, 3.05) is 4.90 Å². The molecule has 12 aromatic rings. The number of nitrogens with zero attached hydrogens (tertiary/aromatic N) is 1. The minimum absolute atomic E-state index is 0.121. The maximum Gasteiger partial charge on any atom is 0.159 e. The summed E-state index contributed by atoms with van der Waals surface area (Å²) in [5.74, 6) is 0. The second-order valence-corrected chi connectivity index (χ2v) is 17.8. The summed E-state index contributed by atoms with van der Waals surface area (Å²) in [5.41, 5.74) is 16.3. The van der Waals surface area contributed by atoms with Gasteiger partial charge in [0.2, 0.25) is 0 Å². The largest absolute Gasteiger partial charge is 0.455 e. The van der Waals surface area contributed by atoms with Crippen LogP contribution in [0.2, 0.25) is 0 Å². The molecule has 13 rings (SSSR count). The van der Waals surface area contributed by atoms with Crippen LogP contribution < -0.4 is 4.90 Å². The maximum absolute atomic E-state index is 7.19. The van der Waals surface area contributed by atoms with Crippen molar-refractivity contribution in [3.63, 3.8) is 0 Å². The first-order chi connectivity index (χ1) is 30.0. The smallest absolute Gasteiger partial charge is 0.159 e. The second-order valence-electron chi connectivity index (χ2n) is 16.8. The fraction of sp³-hybridized carbons (Fsp3) is 0.0526. The third kappa shape index (κ3) is 4.97. The lowest BCUT2D eigenvalue weighted by molar-refractivity contribution is 0.653. The Bertz CT molecular complexity index is 3580. The first-order valence-corrected chi connectivity index (χ1v) is 21.7. The number of benzene rings is 9. The van der Waals surface area contributed by atoms with E-state index < -0.39 is 0 Å². The summed E-state index contributed by atoms with van der Waals surface area (Å²) in [6.45, 7) is 4.64. The molecule has 0 spiro atoms. The summed E-state index contributed by atoms with van der Waals surface area (Å²) in [6, 6.07) is 67.9. The van der Waals surface area contributed by atoms with Crippen molar-refractivity contribution in [3.8, 4) is 33.4 Å². The third-order valence-electron chi connectivity index (χ3n) is 13.1. The number of rotatable bonds is 5. The van der Waals surface area contributed by atoms with Gasteiger partial charge in [-0.1, -0.05) is 159 Å². The van der Waals surface area contributed by atoms with E-state index >= 15 is 0 Å². The van der Waals surface area contributed by atoms with Crippen LogP contribution >= 0.6 is 11.3 Å². The van der Waals surface area contributed by atoms with Crippen molar-refractivity contribution in [1.29, 1.82) is 0 Å². The molecular weight excluding hydrogens is 763 g/mol. The Kier molecular flexibility index (Phi) is 7.23. The molecule has 0 aliphatic heterocycles. The van der Waals surface area contributed by atoms with Gasteiger partial charge in [-0.05, 0) is 75.8 Å². The molecule has 0 saturated carbocycles. The number of anilines is 3. The molecule has 0 saturated heterocycles. The summed E-state index contributed by atoms with van der Waals surface area (Å²) in [6.07, 6.45) is 0. The SMILES string of the molecule is CC1(C)c2ccccc2-c2c1ccc1c2oc2c(N(c3ccc(-c4cccc5c4oc4ccccc45)cc3)c3ccc(-c4cccc5c4sc4ccccc45)cc3)cccc21. The highest BCUT2D eigenvalue weighted by molar-refractivity contribution is 7.26. The zero-order chi connectivity index (χ0) is 40.4. The monoisotopic (exact) mass is 799 g/mol. The number of thiophene rings is 1. The van der Waals surface area contributed by atoms with Gasteiger partial charge in [-0.2, -0.15) is 0 Å². The van der Waals surface area contributed by atoms with Crippen molar-refractivity contribution >= 4 is 92.4 Å². The molecule has 1 aliphatic carbocycles. The van der Waals surface area contributed by atoms with Crippen LogP contribution in [0.5, 0.6) is 0 Å². The molecule has 61 heavy (non-hydrogen) atoms. The summed E-state index contributed by atoms with van der Waals surface area (Å²) < 4.78 is 16.3. The Morgan fingerprint density at radius 3 is 1.80 bits per heavy atom. The van der Waals surface area contributed by atoms with Crippen LogP contribution in [-0.2, 0) is 5.41 Å². The van der Waals surface area contributed by atoms with Crippen LogP contribution in [0.4, 0.5) is 17.1 Å². The fourth-order valence-electron chi connectivity index (χ4n) is 10.2. The van der Waals surface area contributed by atoms with Gasteiger partial charge in [0.1, 0.15) is 16.7 Å². The lowest BCUT2D eigenvalue weighted by Gasteiger charge is -2.26. The van der Waals surface area contributed by atoms with Gasteiger partial charge in [0.05, 0.1) is 5.69 Å². The van der Waals surface area contributed by atoms with E-state index in [1.165, 1.54) is 53.6 Å². The molecule has 288 valence electrons. The first-order valence-electron chi connectivity index (χ1n) is 20.9. The van der Waals surface area contributed by atoms with Gasteiger partial charge in [0.25, 0.3) is 0 Å². The van der Waals surface area contributed by atoms with Crippen LogP contribution in [0, 0.1) is 0 Å². The Morgan fingerprint density at radius 1 is 0.410 bits per heavy atom. The standard InChI is InChI=1S/C57H37NO2S/c1-57(2)47-20-6-3-14-46(47)52-48(57)33-32-44-43-18-11-21-49(54(43)60-55(44)52)58(36-28-24-34(25-29-36)38-15-9-17-42-40-12-4-7-22-50(40)59-53(38)42)37-30-26-35(27-31-37)39-16-10-19-45-41-13-5-8-23-51(41)61-56(39)45/h3-33H,1-2H3. The van der Waals surface area contributed by atoms with Crippen molar-refractivity contribution in [2.45, 2.75) is 19.3 Å². The summed E-state index contributed by atoms with van der Waals surface area (Å²) in [5, 5.41) is 7.10. The molecule has 4 heteroatoms. The number of hydrogen-bond donors (Lipinski definition) is 0. The minimum Gasteiger partial charge on any atom is -0.455 e. The lowest BCUT2D eigenvalue weighted by Crippen LogP contribution is -2.14. The molecule has 0 N–H and O–H groups in total. The molecule has 3 aromatic heterocycles. The fourth-order valence-corrected chi connectivity index (χ4v) is 11.4. The van der Waals surface area contributed by atoms with Crippen LogP contribution in [0.25, 0.3) is 97.4 Å². The summed E-state index contributed by atoms with van der Waals surface area (Å²) in [4.78, 5) is 2.35. The maximum atomic E-state index is 7.19. The predicted molar refractivity (Wildman–Crippen MR) is 257 cm³/mol. The van der Waals surface area contributed by atoms with Crippen molar-refractivity contribution in [1.82, 2.24) is 0 Å². The first kappa shape index (κ1) is 34.5. The average Bonchev–Trinajstić information content (AvgIpc) is 4.06. The van der Waals surface area contributed by atoms with Gasteiger partial charge >= 0.3 is 0 Å². The zero-order valence-electron chi connectivity index (χ0n) is 33.6. The number of para-hydroxylation sites is 3. The molecule has 0 atom stereocenters. The van der Waals surface area contributed by atoms with Crippen LogP contribution in [0.3, 0.4) is 0 Å². The van der Waals surface area contributed by atoms with Gasteiger partial charge in [-0.25, -0.2) is 0 Å². The Hall–Kier alpha value is -7.40. The van der Waals surface area contributed by atoms with Crippen LogP contribution in [0.15, 0.2) is 197 Å². The van der Waals surface area contributed by atoms with Gasteiger partial charge in [0.15, 0.2) is 5.58 Å². The van der Waals surface area contributed by atoms with Gasteiger partial charge in [-0.3, -0.25) is 0 Å².